The summed E-state index contributed by atoms with van der Waals surface area (Å²) in [5.74, 6) is 0. The van der Waals surface area contributed by atoms with Crippen LogP contribution >= 0.6 is 11.6 Å². The van der Waals surface area contributed by atoms with E-state index in [2.05, 4.69) is 0 Å². The number of rotatable bonds is 5. The van der Waals surface area contributed by atoms with E-state index in [1.807, 2.05) is 31.2 Å². The Morgan fingerprint density at radius 1 is 1.32 bits per heavy atom. The third-order valence-electron chi connectivity index (χ3n) is 3.59. The van der Waals surface area contributed by atoms with Gasteiger partial charge in [-0.15, -0.1) is 0 Å². The van der Waals surface area contributed by atoms with E-state index < -0.39 is 0 Å². The molecule has 2 aromatic carbocycles. The summed E-state index contributed by atoms with van der Waals surface area (Å²) in [5.41, 5.74) is 9.02. The molecule has 2 aromatic rings. The lowest BCUT2D eigenvalue weighted by Crippen LogP contribution is -2.05. The minimum atomic E-state index is -0.167. The number of nitrogens with one attached hydrogen (secondary N) is 1. The number of nitrogens with two attached hydrogens (primary N) is 1. The lowest BCUT2D eigenvalue weighted by Gasteiger charge is -2.13. The molecular weight excluding hydrogens is 300 g/mol. The Kier molecular flexibility index (Phi) is 4.96. The van der Waals surface area contributed by atoms with Crippen LogP contribution in [0, 0.1) is 5.41 Å². The maximum absolute atomic E-state index is 10.8. The summed E-state index contributed by atoms with van der Waals surface area (Å²) in [6, 6.07) is 11.0. The lowest BCUT2D eigenvalue weighted by molar-refractivity contribution is -0.102. The SMILES string of the molecule is COC(C)c1ccc(-c2cc(C(=N)C=O)c(N)cc2Cl)cc1. The highest BCUT2D eigenvalue weighted by atomic mass is 35.5. The summed E-state index contributed by atoms with van der Waals surface area (Å²) in [6.45, 7) is 1.97. The summed E-state index contributed by atoms with van der Waals surface area (Å²) < 4.78 is 5.28. The minimum absolute atomic E-state index is 0.00902. The highest BCUT2D eigenvalue weighted by Gasteiger charge is 2.12. The van der Waals surface area contributed by atoms with Gasteiger partial charge in [-0.1, -0.05) is 35.9 Å². The van der Waals surface area contributed by atoms with E-state index in [0.29, 0.717) is 22.6 Å². The van der Waals surface area contributed by atoms with Crippen molar-refractivity contribution in [2.75, 3.05) is 12.8 Å². The molecule has 4 nitrogen and oxygen atoms in total. The summed E-state index contributed by atoms with van der Waals surface area (Å²) in [7, 11) is 1.66. The smallest absolute Gasteiger partial charge is 0.168 e. The van der Waals surface area contributed by atoms with Crippen LogP contribution in [0.2, 0.25) is 5.02 Å². The Labute approximate surface area is 134 Å². The third kappa shape index (κ3) is 3.18. The van der Waals surface area contributed by atoms with Crippen molar-refractivity contribution in [3.63, 3.8) is 0 Å². The van der Waals surface area contributed by atoms with Crippen LogP contribution in [-0.2, 0) is 9.53 Å². The average molecular weight is 317 g/mol. The standard InChI is InChI=1S/C17H17ClN2O2/c1-10(22-2)11-3-5-12(6-4-11)13-7-14(17(20)9-21)16(19)8-15(13)18/h3-10,20H,19H2,1-2H3. The molecule has 1 unspecified atom stereocenters. The predicted octanol–water partition coefficient (Wildman–Crippen LogP) is 3.86. The third-order valence-corrected chi connectivity index (χ3v) is 3.90. The number of carbonyl (C=O) groups is 1. The van der Waals surface area contributed by atoms with E-state index in [9.17, 15) is 4.79 Å². The van der Waals surface area contributed by atoms with Crippen molar-refractivity contribution < 1.29 is 9.53 Å². The summed E-state index contributed by atoms with van der Waals surface area (Å²) in [5, 5.41) is 8.14. The molecule has 0 aliphatic carbocycles. The second-order valence-electron chi connectivity index (χ2n) is 4.95. The van der Waals surface area contributed by atoms with Gasteiger partial charge >= 0.3 is 0 Å². The van der Waals surface area contributed by atoms with Crippen molar-refractivity contribution in [2.45, 2.75) is 13.0 Å². The zero-order valence-electron chi connectivity index (χ0n) is 12.4. The number of methoxy groups -OCH3 is 1. The molecule has 0 saturated heterocycles. The molecule has 0 fully saturated rings. The van der Waals surface area contributed by atoms with Crippen LogP contribution in [0.25, 0.3) is 11.1 Å². The number of hydrogen-bond donors (Lipinski definition) is 2. The highest BCUT2D eigenvalue weighted by Crippen LogP contribution is 2.33. The number of hydrogen-bond acceptors (Lipinski definition) is 4. The zero-order valence-corrected chi connectivity index (χ0v) is 13.1. The van der Waals surface area contributed by atoms with Crippen molar-refractivity contribution in [3.8, 4) is 11.1 Å². The van der Waals surface area contributed by atoms with Gasteiger partial charge in [0.25, 0.3) is 0 Å². The quantitative estimate of drug-likeness (QED) is 0.499. The maximum atomic E-state index is 10.8. The van der Waals surface area contributed by atoms with Gasteiger partial charge in [-0.05, 0) is 30.2 Å². The molecule has 5 heteroatoms. The van der Waals surface area contributed by atoms with E-state index in [1.54, 1.807) is 19.2 Å². The summed E-state index contributed by atoms with van der Waals surface area (Å²) >= 11 is 6.25. The highest BCUT2D eigenvalue weighted by molar-refractivity contribution is 6.38. The topological polar surface area (TPSA) is 76.2 Å². The second-order valence-corrected chi connectivity index (χ2v) is 5.36. The first-order valence-corrected chi connectivity index (χ1v) is 7.12. The van der Waals surface area contributed by atoms with Gasteiger partial charge in [0.05, 0.1) is 11.1 Å². The Morgan fingerprint density at radius 2 is 1.95 bits per heavy atom. The Morgan fingerprint density at radius 3 is 2.50 bits per heavy atom. The first-order chi connectivity index (χ1) is 10.5. The van der Waals surface area contributed by atoms with Gasteiger partial charge in [0.1, 0.15) is 5.71 Å². The van der Waals surface area contributed by atoms with E-state index in [1.165, 1.54) is 0 Å². The molecule has 0 saturated carbocycles. The van der Waals surface area contributed by atoms with Gasteiger partial charge < -0.3 is 10.5 Å². The molecule has 2 rings (SSSR count). The summed E-state index contributed by atoms with van der Waals surface area (Å²) in [6.07, 6.45) is 0.474. The predicted molar refractivity (Wildman–Crippen MR) is 89.6 cm³/mol. The molecule has 0 aromatic heterocycles. The van der Waals surface area contributed by atoms with Crippen LogP contribution in [0.5, 0.6) is 0 Å². The van der Waals surface area contributed by atoms with Crippen molar-refractivity contribution in [1.82, 2.24) is 0 Å². The minimum Gasteiger partial charge on any atom is -0.398 e. The second kappa shape index (κ2) is 6.73. The number of ether oxygens (including phenoxy) is 1. The Bertz CT molecular complexity index is 711. The van der Waals surface area contributed by atoms with Crippen LogP contribution in [0.15, 0.2) is 36.4 Å². The molecule has 0 amide bonds. The summed E-state index contributed by atoms with van der Waals surface area (Å²) in [4.78, 5) is 10.8. The molecule has 0 aliphatic heterocycles. The fourth-order valence-electron chi connectivity index (χ4n) is 2.18. The van der Waals surface area contributed by atoms with Gasteiger partial charge in [-0.2, -0.15) is 0 Å². The van der Waals surface area contributed by atoms with Crippen LogP contribution in [0.1, 0.15) is 24.2 Å². The van der Waals surface area contributed by atoms with Gasteiger partial charge in [-0.25, -0.2) is 0 Å². The average Bonchev–Trinajstić information content (AvgIpc) is 2.53. The molecule has 0 aliphatic rings. The van der Waals surface area contributed by atoms with Gasteiger partial charge in [-0.3, -0.25) is 10.2 Å². The normalized spacial score (nSPS) is 12.0. The number of halogens is 1. The fraction of sp³-hybridized carbons (Fsp3) is 0.176. The molecule has 0 heterocycles. The zero-order chi connectivity index (χ0) is 16.3. The number of benzene rings is 2. The number of anilines is 1. The van der Waals surface area contributed by atoms with Crippen molar-refractivity contribution in [3.05, 3.63) is 52.5 Å². The lowest BCUT2D eigenvalue weighted by atomic mass is 9.98. The monoisotopic (exact) mass is 316 g/mol. The van der Waals surface area contributed by atoms with Crippen LogP contribution in [0.3, 0.4) is 0 Å². The van der Waals surface area contributed by atoms with Gasteiger partial charge in [0.15, 0.2) is 6.29 Å². The molecule has 0 bridgehead atoms. The van der Waals surface area contributed by atoms with Crippen LogP contribution in [0.4, 0.5) is 5.69 Å². The van der Waals surface area contributed by atoms with E-state index in [4.69, 9.17) is 27.5 Å². The molecule has 0 spiro atoms. The molecular formula is C17H17ClN2O2. The van der Waals surface area contributed by atoms with Crippen molar-refractivity contribution in [1.29, 1.82) is 5.41 Å². The fourth-order valence-corrected chi connectivity index (χ4v) is 2.46. The van der Waals surface area contributed by atoms with Crippen molar-refractivity contribution in [2.24, 2.45) is 0 Å². The molecule has 0 radical (unpaired) electrons. The molecule has 114 valence electrons. The molecule has 3 N–H and O–H groups in total. The van der Waals surface area contributed by atoms with E-state index in [0.717, 1.165) is 16.7 Å². The molecule has 22 heavy (non-hydrogen) atoms. The first kappa shape index (κ1) is 16.2. The van der Waals surface area contributed by atoms with Crippen LogP contribution in [-0.4, -0.2) is 19.1 Å². The maximum Gasteiger partial charge on any atom is 0.168 e. The number of nitrogen functional groups attached to an aromatic ring is 1. The van der Waals surface area contributed by atoms with Gasteiger partial charge in [0.2, 0.25) is 0 Å². The number of aldehydes is 1. The number of carbonyl (C=O) groups excluding carboxylic acids is 1. The Hall–Kier alpha value is -2.17. The Balaban J connectivity index is 2.48. The van der Waals surface area contributed by atoms with Crippen molar-refractivity contribution >= 4 is 29.3 Å². The largest absolute Gasteiger partial charge is 0.398 e. The van der Waals surface area contributed by atoms with Crippen LogP contribution < -0.4 is 5.73 Å². The molecule has 1 atom stereocenters. The van der Waals surface area contributed by atoms with E-state index >= 15 is 0 Å². The van der Waals surface area contributed by atoms with Gasteiger partial charge in [0, 0.05) is 23.9 Å². The first-order valence-electron chi connectivity index (χ1n) is 6.74. The van der Waals surface area contributed by atoms with E-state index in [-0.39, 0.29) is 11.8 Å².